The first-order valence-electron chi connectivity index (χ1n) is 8.08. The Hall–Kier alpha value is -3.35. The second-order valence-corrected chi connectivity index (χ2v) is 6.10. The van der Waals surface area contributed by atoms with E-state index in [0.717, 1.165) is 5.56 Å². The highest BCUT2D eigenvalue weighted by Crippen LogP contribution is 2.38. The maximum atomic E-state index is 12.7. The fourth-order valence-corrected chi connectivity index (χ4v) is 2.94. The van der Waals surface area contributed by atoms with Gasteiger partial charge in [0, 0.05) is 16.9 Å². The van der Waals surface area contributed by atoms with E-state index < -0.39 is 23.4 Å². The molecule has 1 aliphatic heterocycles. The molecule has 26 heavy (non-hydrogen) atoms. The molecule has 7 nitrogen and oxygen atoms in total. The second kappa shape index (κ2) is 6.87. The molecule has 2 aromatic carbocycles. The molecule has 1 heterocycles. The van der Waals surface area contributed by atoms with Crippen LogP contribution in [0.3, 0.4) is 0 Å². The summed E-state index contributed by atoms with van der Waals surface area (Å²) in [4.78, 5) is 37.1. The van der Waals surface area contributed by atoms with Crippen molar-refractivity contribution in [1.29, 1.82) is 0 Å². The van der Waals surface area contributed by atoms with Crippen molar-refractivity contribution >= 4 is 29.3 Å². The number of hydrogen-bond donors (Lipinski definition) is 3. The van der Waals surface area contributed by atoms with Crippen molar-refractivity contribution in [3.05, 3.63) is 59.7 Å². The maximum absolute atomic E-state index is 12.7. The standard InChI is InChI=1S/C19H19N3O4/c1-12-7-9-13(10-8-12)20-18(25)22-19(11-16(23)26-2)14-5-3-4-6-15(14)21-17(19)24/h3-10H,11H2,1-2H3,(H,21,24)(H2,20,22,25)/t19-/m1/s1. The SMILES string of the molecule is COC(=O)C[C@]1(NC(=O)Nc2ccc(C)cc2)C(=O)Nc2ccccc21. The predicted octanol–water partition coefficient (Wildman–Crippen LogP) is 2.53. The minimum absolute atomic E-state index is 0.312. The van der Waals surface area contributed by atoms with Crippen molar-refractivity contribution in [2.45, 2.75) is 18.9 Å². The first-order chi connectivity index (χ1) is 12.4. The number of carbonyl (C=O) groups is 3. The number of para-hydroxylation sites is 1. The molecular weight excluding hydrogens is 334 g/mol. The molecule has 0 bridgehead atoms. The minimum atomic E-state index is -1.53. The van der Waals surface area contributed by atoms with Crippen LogP contribution in [0, 0.1) is 6.92 Å². The number of aryl methyl sites for hydroxylation is 1. The third-order valence-corrected chi connectivity index (χ3v) is 4.30. The molecular formula is C19H19N3O4. The van der Waals surface area contributed by atoms with Gasteiger partial charge in [0.1, 0.15) is 0 Å². The normalized spacial score (nSPS) is 17.8. The van der Waals surface area contributed by atoms with E-state index >= 15 is 0 Å². The molecule has 3 rings (SSSR count). The fraction of sp³-hybridized carbons (Fsp3) is 0.211. The van der Waals surface area contributed by atoms with Crippen LogP contribution in [0.4, 0.5) is 16.2 Å². The lowest BCUT2D eigenvalue weighted by molar-refractivity contribution is -0.144. The Kier molecular flexibility index (Phi) is 4.62. The lowest BCUT2D eigenvalue weighted by atomic mass is 9.88. The molecule has 0 spiro atoms. The first-order valence-corrected chi connectivity index (χ1v) is 8.08. The molecule has 0 unspecified atom stereocenters. The van der Waals surface area contributed by atoms with E-state index in [1.807, 2.05) is 19.1 Å². The van der Waals surface area contributed by atoms with Gasteiger partial charge < -0.3 is 20.7 Å². The molecule has 2 aromatic rings. The van der Waals surface area contributed by atoms with Crippen LogP contribution < -0.4 is 16.0 Å². The summed E-state index contributed by atoms with van der Waals surface area (Å²) in [6, 6.07) is 13.5. The molecule has 1 aliphatic rings. The van der Waals surface area contributed by atoms with E-state index in [0.29, 0.717) is 16.9 Å². The Balaban J connectivity index is 1.90. The quantitative estimate of drug-likeness (QED) is 0.736. The summed E-state index contributed by atoms with van der Waals surface area (Å²) in [5.74, 6) is -1.09. The molecule has 1 atom stereocenters. The van der Waals surface area contributed by atoms with Gasteiger partial charge in [0.15, 0.2) is 5.54 Å². The van der Waals surface area contributed by atoms with Crippen molar-refractivity contribution in [3.8, 4) is 0 Å². The molecule has 0 saturated heterocycles. The summed E-state index contributed by atoms with van der Waals surface area (Å²) in [7, 11) is 1.24. The number of benzene rings is 2. The van der Waals surface area contributed by atoms with Crippen molar-refractivity contribution < 1.29 is 19.1 Å². The predicted molar refractivity (Wildman–Crippen MR) is 96.7 cm³/mol. The van der Waals surface area contributed by atoms with Crippen LogP contribution >= 0.6 is 0 Å². The number of carbonyl (C=O) groups excluding carboxylic acids is 3. The van der Waals surface area contributed by atoms with Crippen molar-refractivity contribution in [1.82, 2.24) is 5.32 Å². The first kappa shape index (κ1) is 17.5. The van der Waals surface area contributed by atoms with Gasteiger partial charge in [-0.3, -0.25) is 9.59 Å². The van der Waals surface area contributed by atoms with E-state index in [4.69, 9.17) is 4.74 Å². The number of fused-ring (bicyclic) bond motifs is 1. The zero-order chi connectivity index (χ0) is 18.7. The van der Waals surface area contributed by atoms with Gasteiger partial charge in [-0.2, -0.15) is 0 Å². The van der Waals surface area contributed by atoms with Gasteiger partial charge in [0.05, 0.1) is 13.5 Å². The van der Waals surface area contributed by atoms with E-state index in [-0.39, 0.29) is 6.42 Å². The molecule has 134 valence electrons. The van der Waals surface area contributed by atoms with Gasteiger partial charge in [0.2, 0.25) is 0 Å². The molecule has 0 fully saturated rings. The van der Waals surface area contributed by atoms with Crippen molar-refractivity contribution in [2.24, 2.45) is 0 Å². The van der Waals surface area contributed by atoms with Gasteiger partial charge in [-0.05, 0) is 25.1 Å². The summed E-state index contributed by atoms with van der Waals surface area (Å²) in [6.45, 7) is 1.94. The summed E-state index contributed by atoms with van der Waals surface area (Å²) < 4.78 is 4.72. The Morgan fingerprint density at radius 1 is 1.12 bits per heavy atom. The van der Waals surface area contributed by atoms with Crippen molar-refractivity contribution in [3.63, 3.8) is 0 Å². The minimum Gasteiger partial charge on any atom is -0.469 e. The van der Waals surface area contributed by atoms with Gasteiger partial charge in [-0.1, -0.05) is 35.9 Å². The molecule has 0 saturated carbocycles. The van der Waals surface area contributed by atoms with Gasteiger partial charge in [-0.25, -0.2) is 4.79 Å². The van der Waals surface area contributed by atoms with Gasteiger partial charge in [0.25, 0.3) is 5.91 Å². The lowest BCUT2D eigenvalue weighted by Gasteiger charge is -2.27. The van der Waals surface area contributed by atoms with Crippen LogP contribution in [0.1, 0.15) is 17.5 Å². The monoisotopic (exact) mass is 353 g/mol. The summed E-state index contributed by atoms with van der Waals surface area (Å²) in [5.41, 5.74) is 1.18. The van der Waals surface area contributed by atoms with Crippen LogP contribution in [0.15, 0.2) is 48.5 Å². The molecule has 0 radical (unpaired) electrons. The third-order valence-electron chi connectivity index (χ3n) is 4.30. The van der Waals surface area contributed by atoms with Crippen LogP contribution in [-0.2, 0) is 19.9 Å². The summed E-state index contributed by atoms with van der Waals surface area (Å²) >= 11 is 0. The third kappa shape index (κ3) is 3.23. The van der Waals surface area contributed by atoms with Crippen molar-refractivity contribution in [2.75, 3.05) is 17.7 Å². The van der Waals surface area contributed by atoms with Crippen LogP contribution in [0.2, 0.25) is 0 Å². The highest BCUT2D eigenvalue weighted by Gasteiger charge is 2.49. The van der Waals surface area contributed by atoms with E-state index in [1.54, 1.807) is 36.4 Å². The van der Waals surface area contributed by atoms with Crippen LogP contribution in [0.25, 0.3) is 0 Å². The molecule has 0 aliphatic carbocycles. The van der Waals surface area contributed by atoms with Crippen LogP contribution in [-0.4, -0.2) is 25.0 Å². The number of anilines is 2. The number of methoxy groups -OCH3 is 1. The molecule has 0 aromatic heterocycles. The number of esters is 1. The van der Waals surface area contributed by atoms with Crippen LogP contribution in [0.5, 0.6) is 0 Å². The van der Waals surface area contributed by atoms with E-state index in [1.165, 1.54) is 7.11 Å². The smallest absolute Gasteiger partial charge is 0.320 e. The highest BCUT2D eigenvalue weighted by atomic mass is 16.5. The zero-order valence-electron chi connectivity index (χ0n) is 14.5. The van der Waals surface area contributed by atoms with E-state index in [2.05, 4.69) is 16.0 Å². The largest absolute Gasteiger partial charge is 0.469 e. The molecule has 7 heteroatoms. The molecule has 3 amide bonds. The lowest BCUT2D eigenvalue weighted by Crippen LogP contribution is -2.53. The topological polar surface area (TPSA) is 96.5 Å². The number of ether oxygens (including phenoxy) is 1. The number of hydrogen-bond acceptors (Lipinski definition) is 4. The Bertz CT molecular complexity index is 863. The Morgan fingerprint density at radius 3 is 2.50 bits per heavy atom. The second-order valence-electron chi connectivity index (χ2n) is 6.10. The fourth-order valence-electron chi connectivity index (χ4n) is 2.94. The van der Waals surface area contributed by atoms with Gasteiger partial charge >= 0.3 is 12.0 Å². The average Bonchev–Trinajstić information content (AvgIpc) is 2.88. The summed E-state index contributed by atoms with van der Waals surface area (Å²) in [6.07, 6.45) is -0.312. The highest BCUT2D eigenvalue weighted by molar-refractivity contribution is 6.10. The number of nitrogens with one attached hydrogen (secondary N) is 3. The molecule has 3 N–H and O–H groups in total. The maximum Gasteiger partial charge on any atom is 0.320 e. The van der Waals surface area contributed by atoms with Gasteiger partial charge in [-0.15, -0.1) is 0 Å². The average molecular weight is 353 g/mol. The Labute approximate surface area is 150 Å². The number of amides is 3. The zero-order valence-corrected chi connectivity index (χ0v) is 14.5. The number of urea groups is 1. The Morgan fingerprint density at radius 2 is 1.81 bits per heavy atom. The summed E-state index contributed by atoms with van der Waals surface area (Å²) in [5, 5.41) is 8.05. The number of rotatable bonds is 4. The van der Waals surface area contributed by atoms with E-state index in [9.17, 15) is 14.4 Å².